The lowest BCUT2D eigenvalue weighted by molar-refractivity contribution is -0.130. The Balaban J connectivity index is 2.41. The summed E-state index contributed by atoms with van der Waals surface area (Å²) < 4.78 is 4.72. The van der Waals surface area contributed by atoms with Crippen LogP contribution in [0.15, 0.2) is 18.2 Å². The third-order valence-corrected chi connectivity index (χ3v) is 2.10. The Kier molecular flexibility index (Phi) is 3.76. The van der Waals surface area contributed by atoms with Crippen LogP contribution in [-0.2, 0) is 14.7 Å². The topological polar surface area (TPSA) is 39.2 Å². The van der Waals surface area contributed by atoms with Gasteiger partial charge < -0.3 is 4.18 Å². The monoisotopic (exact) mass is 197 g/mol. The Hall–Kier alpha value is -1.03. The van der Waals surface area contributed by atoms with Gasteiger partial charge >= 0.3 is 5.97 Å². The van der Waals surface area contributed by atoms with Crippen LogP contribution in [0.25, 0.3) is 0 Å². The minimum absolute atomic E-state index is 0.280. The maximum absolute atomic E-state index is 10.4. The van der Waals surface area contributed by atoms with Crippen molar-refractivity contribution in [2.45, 2.75) is 19.6 Å². The molecule has 0 unspecified atom stereocenters. The quantitative estimate of drug-likeness (QED) is 0.696. The van der Waals surface area contributed by atoms with Gasteiger partial charge in [-0.25, -0.2) is 0 Å². The highest BCUT2D eigenvalue weighted by Gasteiger charge is 1.98. The molecule has 0 aliphatic rings. The molecule has 0 amide bonds. The summed E-state index contributed by atoms with van der Waals surface area (Å²) in [7, 11) is 0. The molecule has 0 aromatic carbocycles. The highest BCUT2D eigenvalue weighted by molar-refractivity contribution is 7.94. The van der Waals surface area contributed by atoms with Crippen molar-refractivity contribution in [2.24, 2.45) is 0 Å². The number of hydrogen-bond acceptors (Lipinski definition) is 4. The van der Waals surface area contributed by atoms with Crippen molar-refractivity contribution >= 4 is 18.0 Å². The van der Waals surface area contributed by atoms with E-state index in [2.05, 4.69) is 4.98 Å². The van der Waals surface area contributed by atoms with Gasteiger partial charge in [0.1, 0.15) is 0 Å². The van der Waals surface area contributed by atoms with Crippen LogP contribution in [0.1, 0.15) is 18.3 Å². The number of carbonyl (C=O) groups excluding carboxylic acids is 1. The Morgan fingerprint density at radius 3 is 3.00 bits per heavy atom. The molecule has 1 rings (SSSR count). The van der Waals surface area contributed by atoms with E-state index in [0.717, 1.165) is 23.4 Å². The molecule has 0 bridgehead atoms. The fourth-order valence-electron chi connectivity index (χ4n) is 0.853. The number of pyridine rings is 1. The van der Waals surface area contributed by atoms with Crippen LogP contribution in [-0.4, -0.2) is 11.0 Å². The van der Waals surface area contributed by atoms with Gasteiger partial charge in [0, 0.05) is 12.6 Å². The fraction of sp³-hybridized carbons (Fsp3) is 0.333. The van der Waals surface area contributed by atoms with Gasteiger partial charge in [-0.2, -0.15) is 0 Å². The number of carbonyl (C=O) groups is 1. The molecule has 0 atom stereocenters. The van der Waals surface area contributed by atoms with Crippen LogP contribution in [0.4, 0.5) is 0 Å². The molecule has 0 fully saturated rings. The standard InChI is InChI=1S/C9H11NO2S/c1-7-4-3-5-9(10-7)6-13-12-8(2)11/h3-5H,6H2,1-2H3. The summed E-state index contributed by atoms with van der Waals surface area (Å²) in [5, 5.41) is 0. The van der Waals surface area contributed by atoms with E-state index in [0.29, 0.717) is 5.75 Å². The predicted octanol–water partition coefficient (Wildman–Crippen LogP) is 2.10. The number of hydrogen-bond donors (Lipinski definition) is 0. The average Bonchev–Trinajstić information content (AvgIpc) is 2.03. The smallest absolute Gasteiger partial charge is 0.314 e. The first-order valence-electron chi connectivity index (χ1n) is 3.91. The second-order valence-corrected chi connectivity index (χ2v) is 3.30. The molecule has 0 saturated carbocycles. The van der Waals surface area contributed by atoms with Crippen LogP contribution >= 0.6 is 12.0 Å². The Morgan fingerprint density at radius 2 is 2.38 bits per heavy atom. The Morgan fingerprint density at radius 1 is 1.62 bits per heavy atom. The Bertz CT molecular complexity index is 301. The minimum Gasteiger partial charge on any atom is -0.391 e. The first-order valence-corrected chi connectivity index (χ1v) is 4.82. The molecule has 3 nitrogen and oxygen atoms in total. The molecule has 70 valence electrons. The van der Waals surface area contributed by atoms with Gasteiger partial charge in [0.15, 0.2) is 0 Å². The maximum atomic E-state index is 10.4. The lowest BCUT2D eigenvalue weighted by atomic mass is 10.3. The van der Waals surface area contributed by atoms with Crippen LogP contribution < -0.4 is 0 Å². The largest absolute Gasteiger partial charge is 0.391 e. The average molecular weight is 197 g/mol. The van der Waals surface area contributed by atoms with E-state index in [1.165, 1.54) is 6.92 Å². The van der Waals surface area contributed by atoms with E-state index in [9.17, 15) is 4.79 Å². The van der Waals surface area contributed by atoms with Crippen molar-refractivity contribution in [1.82, 2.24) is 4.98 Å². The van der Waals surface area contributed by atoms with Crippen molar-refractivity contribution in [1.29, 1.82) is 0 Å². The molecule has 1 aromatic heterocycles. The molecule has 0 radical (unpaired) electrons. The van der Waals surface area contributed by atoms with Gasteiger partial charge in [-0.05, 0) is 19.1 Å². The van der Waals surface area contributed by atoms with E-state index in [-0.39, 0.29) is 5.97 Å². The SMILES string of the molecule is CC(=O)OSCc1cccc(C)n1. The number of rotatable bonds is 3. The van der Waals surface area contributed by atoms with Crippen molar-refractivity contribution in [3.8, 4) is 0 Å². The summed E-state index contributed by atoms with van der Waals surface area (Å²) >= 11 is 1.11. The molecular formula is C9H11NO2S. The first-order chi connectivity index (χ1) is 6.18. The highest BCUT2D eigenvalue weighted by atomic mass is 32.2. The molecule has 0 aliphatic carbocycles. The van der Waals surface area contributed by atoms with Crippen molar-refractivity contribution in [3.63, 3.8) is 0 Å². The van der Waals surface area contributed by atoms with E-state index in [1.807, 2.05) is 25.1 Å². The molecule has 13 heavy (non-hydrogen) atoms. The van der Waals surface area contributed by atoms with Crippen LogP contribution in [0.3, 0.4) is 0 Å². The van der Waals surface area contributed by atoms with E-state index < -0.39 is 0 Å². The zero-order valence-electron chi connectivity index (χ0n) is 7.61. The van der Waals surface area contributed by atoms with Gasteiger partial charge in [0.05, 0.1) is 23.5 Å². The molecule has 0 N–H and O–H groups in total. The normalized spacial score (nSPS) is 9.69. The Labute approximate surface area is 81.7 Å². The summed E-state index contributed by atoms with van der Waals surface area (Å²) in [5.74, 6) is 0.319. The number of aromatic nitrogens is 1. The summed E-state index contributed by atoms with van der Waals surface area (Å²) in [4.78, 5) is 14.7. The van der Waals surface area contributed by atoms with Crippen LogP contribution in [0, 0.1) is 6.92 Å². The van der Waals surface area contributed by atoms with Gasteiger partial charge in [-0.15, -0.1) is 0 Å². The van der Waals surface area contributed by atoms with Crippen LogP contribution in [0.5, 0.6) is 0 Å². The predicted molar refractivity (Wildman–Crippen MR) is 52.0 cm³/mol. The minimum atomic E-state index is -0.280. The van der Waals surface area contributed by atoms with Crippen molar-refractivity contribution in [3.05, 3.63) is 29.6 Å². The second-order valence-electron chi connectivity index (χ2n) is 2.61. The molecule has 1 heterocycles. The summed E-state index contributed by atoms with van der Waals surface area (Å²) in [5.41, 5.74) is 1.90. The first kappa shape index (κ1) is 10.1. The molecule has 1 aromatic rings. The van der Waals surface area contributed by atoms with Gasteiger partial charge in [-0.1, -0.05) is 6.07 Å². The zero-order valence-corrected chi connectivity index (χ0v) is 8.43. The van der Waals surface area contributed by atoms with Gasteiger partial charge in [-0.3, -0.25) is 9.78 Å². The van der Waals surface area contributed by atoms with E-state index in [1.54, 1.807) is 0 Å². The van der Waals surface area contributed by atoms with Crippen LogP contribution in [0.2, 0.25) is 0 Å². The number of nitrogens with zero attached hydrogens (tertiary/aromatic N) is 1. The zero-order chi connectivity index (χ0) is 9.68. The third-order valence-electron chi connectivity index (χ3n) is 1.33. The molecule has 4 heteroatoms. The van der Waals surface area contributed by atoms with Gasteiger partial charge in [0.2, 0.25) is 0 Å². The van der Waals surface area contributed by atoms with E-state index in [4.69, 9.17) is 4.18 Å². The van der Waals surface area contributed by atoms with Gasteiger partial charge in [0.25, 0.3) is 0 Å². The fourth-order valence-corrected chi connectivity index (χ4v) is 1.36. The van der Waals surface area contributed by atoms with Crippen molar-refractivity contribution in [2.75, 3.05) is 0 Å². The molecule has 0 spiro atoms. The lowest BCUT2D eigenvalue weighted by Gasteiger charge is -2.00. The number of aryl methyl sites for hydroxylation is 1. The highest BCUT2D eigenvalue weighted by Crippen LogP contribution is 2.11. The maximum Gasteiger partial charge on any atom is 0.314 e. The lowest BCUT2D eigenvalue weighted by Crippen LogP contribution is -1.93. The molecule has 0 saturated heterocycles. The molecular weight excluding hydrogens is 186 g/mol. The summed E-state index contributed by atoms with van der Waals surface area (Å²) in [6, 6.07) is 5.77. The summed E-state index contributed by atoms with van der Waals surface area (Å²) in [6.07, 6.45) is 0. The molecule has 0 aliphatic heterocycles. The second kappa shape index (κ2) is 4.87. The summed E-state index contributed by atoms with van der Waals surface area (Å²) in [6.45, 7) is 3.32. The van der Waals surface area contributed by atoms with E-state index >= 15 is 0 Å². The third kappa shape index (κ3) is 3.94. The van der Waals surface area contributed by atoms with Crippen molar-refractivity contribution < 1.29 is 8.98 Å².